The summed E-state index contributed by atoms with van der Waals surface area (Å²) in [6.07, 6.45) is 0.473. The number of carbonyl (C=O) groups excluding carboxylic acids is 1. The molecule has 0 spiro atoms. The molecule has 0 atom stereocenters. The number of rotatable bonds is 4. The van der Waals surface area contributed by atoms with E-state index in [0.29, 0.717) is 23.5 Å². The van der Waals surface area contributed by atoms with Crippen molar-refractivity contribution in [3.05, 3.63) is 32.5 Å². The molecule has 0 unspecified atom stereocenters. The first-order valence-corrected chi connectivity index (χ1v) is 7.98. The molecule has 0 aliphatic rings. The number of aliphatic hydroxyl groups is 1. The van der Waals surface area contributed by atoms with E-state index in [-0.39, 0.29) is 12.5 Å². The van der Waals surface area contributed by atoms with Gasteiger partial charge < -0.3 is 10.0 Å². The van der Waals surface area contributed by atoms with Crippen LogP contribution in [-0.4, -0.2) is 39.2 Å². The predicted octanol–water partition coefficient (Wildman–Crippen LogP) is 1.91. The number of carbonyl (C=O) groups is 1. The van der Waals surface area contributed by atoms with Crippen LogP contribution in [-0.2, 0) is 6.54 Å². The van der Waals surface area contributed by atoms with Crippen molar-refractivity contribution < 1.29 is 9.90 Å². The van der Waals surface area contributed by atoms with Crippen LogP contribution in [0.15, 0.2) is 11.4 Å². The van der Waals surface area contributed by atoms with E-state index in [4.69, 9.17) is 5.11 Å². The van der Waals surface area contributed by atoms with Crippen molar-refractivity contribution >= 4 is 28.8 Å². The minimum atomic E-state index is -0.0659. The molecule has 1 amide bonds. The normalized spacial score (nSPS) is 10.0. The standard InChI is InChI=1S/C14H15N3O2S2/c1-10-13(21-16-15-10)14(19)17(2)8-12-7-11(9-20-12)5-3-4-6-18/h7,9,18H,4,6,8H2,1-2H3. The van der Waals surface area contributed by atoms with Crippen LogP contribution < -0.4 is 0 Å². The number of aryl methyl sites for hydroxylation is 1. The first-order chi connectivity index (χ1) is 10.1. The van der Waals surface area contributed by atoms with Crippen LogP contribution in [0.4, 0.5) is 0 Å². The average Bonchev–Trinajstić information content (AvgIpc) is 3.07. The molecule has 2 rings (SSSR count). The Morgan fingerprint density at radius 3 is 3.00 bits per heavy atom. The van der Waals surface area contributed by atoms with Crippen LogP contribution in [0.25, 0.3) is 0 Å². The maximum absolute atomic E-state index is 12.3. The molecular formula is C14H15N3O2S2. The molecule has 2 heterocycles. The largest absolute Gasteiger partial charge is 0.395 e. The Balaban J connectivity index is 2.00. The summed E-state index contributed by atoms with van der Waals surface area (Å²) >= 11 is 2.69. The van der Waals surface area contributed by atoms with Crippen molar-refractivity contribution in [2.45, 2.75) is 19.9 Å². The minimum Gasteiger partial charge on any atom is -0.395 e. The molecule has 0 radical (unpaired) electrons. The summed E-state index contributed by atoms with van der Waals surface area (Å²) < 4.78 is 3.79. The van der Waals surface area contributed by atoms with E-state index >= 15 is 0 Å². The number of aliphatic hydroxyl groups excluding tert-OH is 1. The van der Waals surface area contributed by atoms with Gasteiger partial charge in [0.25, 0.3) is 5.91 Å². The van der Waals surface area contributed by atoms with Gasteiger partial charge in [-0.05, 0) is 24.5 Å². The van der Waals surface area contributed by atoms with Gasteiger partial charge in [0.1, 0.15) is 4.88 Å². The highest BCUT2D eigenvalue weighted by molar-refractivity contribution is 7.10. The fraction of sp³-hybridized carbons (Fsp3) is 0.357. The monoisotopic (exact) mass is 321 g/mol. The second-order valence-corrected chi connectivity index (χ2v) is 6.18. The molecule has 0 aromatic carbocycles. The fourth-order valence-electron chi connectivity index (χ4n) is 1.66. The van der Waals surface area contributed by atoms with Crippen LogP contribution in [0.2, 0.25) is 0 Å². The maximum Gasteiger partial charge on any atom is 0.267 e. The van der Waals surface area contributed by atoms with Crippen molar-refractivity contribution in [3.8, 4) is 11.8 Å². The second-order valence-electron chi connectivity index (χ2n) is 4.43. The second kappa shape index (κ2) is 7.31. The molecule has 0 aliphatic carbocycles. The highest BCUT2D eigenvalue weighted by Gasteiger charge is 2.18. The van der Waals surface area contributed by atoms with E-state index in [2.05, 4.69) is 21.4 Å². The van der Waals surface area contributed by atoms with E-state index in [9.17, 15) is 4.79 Å². The number of hydrogen-bond donors (Lipinski definition) is 1. The summed E-state index contributed by atoms with van der Waals surface area (Å²) in [5, 5.41) is 14.5. The Hall–Kier alpha value is -1.75. The molecule has 1 N–H and O–H groups in total. The molecule has 5 nitrogen and oxygen atoms in total. The lowest BCUT2D eigenvalue weighted by Crippen LogP contribution is -2.25. The summed E-state index contributed by atoms with van der Waals surface area (Å²) in [7, 11) is 1.76. The lowest BCUT2D eigenvalue weighted by atomic mass is 10.3. The minimum absolute atomic E-state index is 0.0659. The van der Waals surface area contributed by atoms with Crippen molar-refractivity contribution in [2.24, 2.45) is 0 Å². The molecule has 2 aromatic heterocycles. The highest BCUT2D eigenvalue weighted by atomic mass is 32.1. The summed E-state index contributed by atoms with van der Waals surface area (Å²) in [4.78, 5) is 15.6. The SMILES string of the molecule is Cc1nnsc1C(=O)N(C)Cc1cc(C#CCCO)cs1. The Labute approximate surface area is 131 Å². The third kappa shape index (κ3) is 4.11. The first kappa shape index (κ1) is 15.6. The molecule has 110 valence electrons. The molecular weight excluding hydrogens is 306 g/mol. The van der Waals surface area contributed by atoms with Gasteiger partial charge in [-0.1, -0.05) is 16.3 Å². The number of hydrogen-bond acceptors (Lipinski definition) is 6. The third-order valence-corrected chi connectivity index (χ3v) is 4.45. The topological polar surface area (TPSA) is 66.3 Å². The van der Waals surface area contributed by atoms with Gasteiger partial charge in [0.2, 0.25) is 0 Å². The van der Waals surface area contributed by atoms with Gasteiger partial charge in [0, 0.05) is 29.3 Å². The lowest BCUT2D eigenvalue weighted by molar-refractivity contribution is 0.0790. The van der Waals surface area contributed by atoms with Crippen molar-refractivity contribution in [2.75, 3.05) is 13.7 Å². The quantitative estimate of drug-likeness (QED) is 0.874. The molecule has 0 aliphatic heterocycles. The summed E-state index contributed by atoms with van der Waals surface area (Å²) in [5.74, 6) is 5.80. The van der Waals surface area contributed by atoms with Gasteiger partial charge >= 0.3 is 0 Å². The van der Waals surface area contributed by atoms with Crippen LogP contribution in [0.5, 0.6) is 0 Å². The molecule has 7 heteroatoms. The predicted molar refractivity (Wildman–Crippen MR) is 83.3 cm³/mol. The van der Waals surface area contributed by atoms with Gasteiger partial charge in [-0.15, -0.1) is 16.4 Å². The fourth-order valence-corrected chi connectivity index (χ4v) is 3.18. The van der Waals surface area contributed by atoms with Gasteiger partial charge in [-0.3, -0.25) is 4.79 Å². The molecule has 21 heavy (non-hydrogen) atoms. The van der Waals surface area contributed by atoms with E-state index in [1.54, 1.807) is 30.2 Å². The van der Waals surface area contributed by atoms with E-state index in [0.717, 1.165) is 22.0 Å². The van der Waals surface area contributed by atoms with Crippen molar-refractivity contribution in [3.63, 3.8) is 0 Å². The Bertz CT molecular complexity index is 682. The smallest absolute Gasteiger partial charge is 0.267 e. The molecule has 0 saturated carbocycles. The van der Waals surface area contributed by atoms with Crippen molar-refractivity contribution in [1.29, 1.82) is 0 Å². The Morgan fingerprint density at radius 2 is 2.33 bits per heavy atom. The van der Waals surface area contributed by atoms with Crippen LogP contribution in [0.3, 0.4) is 0 Å². The number of amides is 1. The van der Waals surface area contributed by atoms with Gasteiger partial charge in [-0.25, -0.2) is 0 Å². The third-order valence-electron chi connectivity index (χ3n) is 2.71. The zero-order valence-electron chi connectivity index (χ0n) is 11.8. The maximum atomic E-state index is 12.3. The van der Waals surface area contributed by atoms with Crippen LogP contribution in [0, 0.1) is 18.8 Å². The average molecular weight is 321 g/mol. The molecule has 0 saturated heterocycles. The van der Waals surface area contributed by atoms with Gasteiger partial charge in [-0.2, -0.15) is 0 Å². The zero-order valence-corrected chi connectivity index (χ0v) is 13.4. The summed E-state index contributed by atoms with van der Waals surface area (Å²) in [6.45, 7) is 2.39. The number of nitrogens with zero attached hydrogens (tertiary/aromatic N) is 3. The van der Waals surface area contributed by atoms with Crippen LogP contribution >= 0.6 is 22.9 Å². The van der Waals surface area contributed by atoms with E-state index in [1.165, 1.54) is 0 Å². The molecule has 2 aromatic rings. The highest BCUT2D eigenvalue weighted by Crippen LogP contribution is 2.18. The van der Waals surface area contributed by atoms with Gasteiger partial charge in [0.05, 0.1) is 18.8 Å². The lowest BCUT2D eigenvalue weighted by Gasteiger charge is -2.14. The van der Waals surface area contributed by atoms with Crippen molar-refractivity contribution in [1.82, 2.24) is 14.5 Å². The first-order valence-electron chi connectivity index (χ1n) is 6.33. The van der Waals surface area contributed by atoms with Crippen LogP contribution in [0.1, 0.15) is 32.2 Å². The molecule has 0 bridgehead atoms. The zero-order chi connectivity index (χ0) is 15.2. The van der Waals surface area contributed by atoms with E-state index < -0.39 is 0 Å². The van der Waals surface area contributed by atoms with Gasteiger partial charge in [0.15, 0.2) is 0 Å². The Morgan fingerprint density at radius 1 is 1.52 bits per heavy atom. The van der Waals surface area contributed by atoms with E-state index in [1.807, 2.05) is 11.4 Å². The number of thiophene rings is 1. The number of aromatic nitrogens is 2. The summed E-state index contributed by atoms with van der Waals surface area (Å²) in [5.41, 5.74) is 1.58. The molecule has 0 fully saturated rings. The Kier molecular flexibility index (Phi) is 5.44. The summed E-state index contributed by atoms with van der Waals surface area (Å²) in [6, 6.07) is 1.97.